The van der Waals surface area contributed by atoms with Crippen LogP contribution in [0.3, 0.4) is 0 Å². The van der Waals surface area contributed by atoms with E-state index in [-0.39, 0.29) is 0 Å². The number of pyridine rings is 1. The molecule has 2 aromatic rings. The molecule has 0 aliphatic heterocycles. The number of aryl methyl sites for hydroxylation is 1. The van der Waals surface area contributed by atoms with Crippen LogP contribution in [-0.2, 0) is 0 Å². The molecule has 0 amide bonds. The summed E-state index contributed by atoms with van der Waals surface area (Å²) in [5.41, 5.74) is 2.68. The third kappa shape index (κ3) is 2.25. The fourth-order valence-corrected chi connectivity index (χ4v) is 1.61. The molecule has 0 saturated carbocycles. The second-order valence-electron chi connectivity index (χ2n) is 3.12. The normalized spacial score (nSPS) is 10.3. The van der Waals surface area contributed by atoms with Crippen molar-refractivity contribution in [1.29, 1.82) is 0 Å². The third-order valence-electron chi connectivity index (χ3n) is 1.90. The SMILES string of the molecule is Cc1cncc(-c2cc(Cl)nnc2Cl)c1. The Hall–Kier alpha value is -1.19. The van der Waals surface area contributed by atoms with Gasteiger partial charge in [-0.3, -0.25) is 4.98 Å². The summed E-state index contributed by atoms with van der Waals surface area (Å²) >= 11 is 11.7. The third-order valence-corrected chi connectivity index (χ3v) is 2.37. The Labute approximate surface area is 97.1 Å². The van der Waals surface area contributed by atoms with E-state index in [4.69, 9.17) is 23.2 Å². The quantitative estimate of drug-likeness (QED) is 0.768. The molecular formula is C10H7Cl2N3. The lowest BCUT2D eigenvalue weighted by Crippen LogP contribution is -1.89. The molecule has 76 valence electrons. The van der Waals surface area contributed by atoms with Crippen LogP contribution in [0.2, 0.25) is 10.3 Å². The van der Waals surface area contributed by atoms with Gasteiger partial charge in [0.25, 0.3) is 0 Å². The maximum absolute atomic E-state index is 5.92. The van der Waals surface area contributed by atoms with Crippen molar-refractivity contribution in [2.24, 2.45) is 0 Å². The molecule has 0 aliphatic carbocycles. The molecule has 2 aromatic heterocycles. The number of nitrogens with zero attached hydrogens (tertiary/aromatic N) is 3. The molecule has 0 radical (unpaired) electrons. The van der Waals surface area contributed by atoms with E-state index in [0.717, 1.165) is 16.7 Å². The number of rotatable bonds is 1. The zero-order valence-electron chi connectivity index (χ0n) is 7.91. The van der Waals surface area contributed by atoms with Crippen LogP contribution in [0.5, 0.6) is 0 Å². The van der Waals surface area contributed by atoms with Gasteiger partial charge in [-0.1, -0.05) is 23.2 Å². The Morgan fingerprint density at radius 3 is 2.60 bits per heavy atom. The van der Waals surface area contributed by atoms with Gasteiger partial charge in [-0.15, -0.1) is 10.2 Å². The molecule has 0 aromatic carbocycles. The highest BCUT2D eigenvalue weighted by atomic mass is 35.5. The predicted molar refractivity (Wildman–Crippen MR) is 60.0 cm³/mol. The van der Waals surface area contributed by atoms with E-state index in [0.29, 0.717) is 10.3 Å². The second-order valence-corrected chi connectivity index (χ2v) is 3.87. The minimum absolute atomic E-state index is 0.316. The Morgan fingerprint density at radius 2 is 1.87 bits per heavy atom. The largest absolute Gasteiger partial charge is 0.264 e. The monoisotopic (exact) mass is 239 g/mol. The van der Waals surface area contributed by atoms with Gasteiger partial charge in [0.05, 0.1) is 0 Å². The van der Waals surface area contributed by atoms with Crippen LogP contribution in [0.15, 0.2) is 24.5 Å². The van der Waals surface area contributed by atoms with Crippen LogP contribution in [-0.4, -0.2) is 15.2 Å². The van der Waals surface area contributed by atoms with Crippen molar-refractivity contribution in [3.8, 4) is 11.1 Å². The lowest BCUT2D eigenvalue weighted by atomic mass is 10.1. The van der Waals surface area contributed by atoms with Gasteiger partial charge in [-0.05, 0) is 24.6 Å². The Morgan fingerprint density at radius 1 is 1.07 bits per heavy atom. The van der Waals surface area contributed by atoms with Crippen molar-refractivity contribution in [2.75, 3.05) is 0 Å². The van der Waals surface area contributed by atoms with Crippen molar-refractivity contribution in [2.45, 2.75) is 6.92 Å². The fraction of sp³-hybridized carbons (Fsp3) is 0.100. The van der Waals surface area contributed by atoms with E-state index in [2.05, 4.69) is 15.2 Å². The van der Waals surface area contributed by atoms with E-state index in [1.807, 2.05) is 13.0 Å². The van der Waals surface area contributed by atoms with Crippen LogP contribution in [0, 0.1) is 6.92 Å². The first-order chi connectivity index (χ1) is 7.16. The van der Waals surface area contributed by atoms with Crippen LogP contribution in [0.1, 0.15) is 5.56 Å². The highest BCUT2D eigenvalue weighted by Gasteiger charge is 2.07. The molecule has 0 aliphatic rings. The van der Waals surface area contributed by atoms with Gasteiger partial charge in [0, 0.05) is 23.5 Å². The highest BCUT2D eigenvalue weighted by molar-refractivity contribution is 6.33. The summed E-state index contributed by atoms with van der Waals surface area (Å²) in [7, 11) is 0. The summed E-state index contributed by atoms with van der Waals surface area (Å²) in [6.07, 6.45) is 3.49. The first-order valence-electron chi connectivity index (χ1n) is 4.27. The Bertz CT molecular complexity index is 500. The second kappa shape index (κ2) is 4.13. The molecular weight excluding hydrogens is 233 g/mol. The lowest BCUT2D eigenvalue weighted by Gasteiger charge is -2.03. The van der Waals surface area contributed by atoms with Crippen molar-refractivity contribution >= 4 is 23.2 Å². The lowest BCUT2D eigenvalue weighted by molar-refractivity contribution is 1.03. The topological polar surface area (TPSA) is 38.7 Å². The van der Waals surface area contributed by atoms with E-state index in [1.165, 1.54) is 0 Å². The molecule has 0 spiro atoms. The zero-order chi connectivity index (χ0) is 10.8. The first-order valence-corrected chi connectivity index (χ1v) is 5.03. The zero-order valence-corrected chi connectivity index (χ0v) is 9.42. The summed E-state index contributed by atoms with van der Waals surface area (Å²) in [5.74, 6) is 0. The predicted octanol–water partition coefficient (Wildman–Crippen LogP) is 3.15. The summed E-state index contributed by atoms with van der Waals surface area (Å²) in [6.45, 7) is 1.96. The first kappa shape index (κ1) is 10.3. The van der Waals surface area contributed by atoms with Crippen LogP contribution in [0.25, 0.3) is 11.1 Å². The average Bonchev–Trinajstić information content (AvgIpc) is 2.22. The molecule has 0 fully saturated rings. The molecule has 0 saturated heterocycles. The molecule has 0 N–H and O–H groups in total. The maximum atomic E-state index is 5.92. The fourth-order valence-electron chi connectivity index (χ4n) is 1.26. The van der Waals surface area contributed by atoms with Gasteiger partial charge in [-0.2, -0.15) is 0 Å². The smallest absolute Gasteiger partial charge is 0.159 e. The van der Waals surface area contributed by atoms with Crippen LogP contribution >= 0.6 is 23.2 Å². The van der Waals surface area contributed by atoms with Crippen LogP contribution < -0.4 is 0 Å². The van der Waals surface area contributed by atoms with Crippen molar-refractivity contribution < 1.29 is 0 Å². The molecule has 0 bridgehead atoms. The summed E-state index contributed by atoms with van der Waals surface area (Å²) in [4.78, 5) is 4.08. The van der Waals surface area contributed by atoms with Gasteiger partial charge in [0.2, 0.25) is 0 Å². The molecule has 15 heavy (non-hydrogen) atoms. The molecule has 2 rings (SSSR count). The summed E-state index contributed by atoms with van der Waals surface area (Å²) < 4.78 is 0. The van der Waals surface area contributed by atoms with Gasteiger partial charge in [-0.25, -0.2) is 0 Å². The molecule has 0 unspecified atom stereocenters. The summed E-state index contributed by atoms with van der Waals surface area (Å²) in [5, 5.41) is 8.03. The van der Waals surface area contributed by atoms with Gasteiger partial charge < -0.3 is 0 Å². The molecule has 3 nitrogen and oxygen atoms in total. The van der Waals surface area contributed by atoms with E-state index >= 15 is 0 Å². The minimum atomic E-state index is 0.316. The highest BCUT2D eigenvalue weighted by Crippen LogP contribution is 2.27. The van der Waals surface area contributed by atoms with Gasteiger partial charge >= 0.3 is 0 Å². The number of aromatic nitrogens is 3. The summed E-state index contributed by atoms with van der Waals surface area (Å²) in [6, 6.07) is 3.64. The number of hydrogen-bond donors (Lipinski definition) is 0. The number of hydrogen-bond acceptors (Lipinski definition) is 3. The van der Waals surface area contributed by atoms with Crippen LogP contribution in [0.4, 0.5) is 0 Å². The Balaban J connectivity index is 2.58. The van der Waals surface area contributed by atoms with Crippen molar-refractivity contribution in [3.05, 3.63) is 40.4 Å². The molecule has 0 atom stereocenters. The average molecular weight is 240 g/mol. The number of halogens is 2. The van der Waals surface area contributed by atoms with Crippen molar-refractivity contribution in [1.82, 2.24) is 15.2 Å². The van der Waals surface area contributed by atoms with Gasteiger partial charge in [0.15, 0.2) is 10.3 Å². The van der Waals surface area contributed by atoms with E-state index in [9.17, 15) is 0 Å². The van der Waals surface area contributed by atoms with Crippen molar-refractivity contribution in [3.63, 3.8) is 0 Å². The van der Waals surface area contributed by atoms with Gasteiger partial charge in [0.1, 0.15) is 0 Å². The van der Waals surface area contributed by atoms with E-state index in [1.54, 1.807) is 18.5 Å². The molecule has 2 heterocycles. The maximum Gasteiger partial charge on any atom is 0.159 e. The van der Waals surface area contributed by atoms with E-state index < -0.39 is 0 Å². The standard InChI is InChI=1S/C10H7Cl2N3/c1-6-2-7(5-13-4-6)8-3-9(11)14-15-10(8)12/h2-5H,1H3. The Kier molecular flexibility index (Phi) is 2.84. The molecule has 5 heteroatoms. The minimum Gasteiger partial charge on any atom is -0.264 e.